The van der Waals surface area contributed by atoms with Crippen LogP contribution in [0.3, 0.4) is 0 Å². The fourth-order valence-electron chi connectivity index (χ4n) is 3.57. The first-order chi connectivity index (χ1) is 15.9. The summed E-state index contributed by atoms with van der Waals surface area (Å²) in [5.41, 5.74) is 3.12. The van der Waals surface area contributed by atoms with Crippen molar-refractivity contribution < 1.29 is 9.66 Å². The monoisotopic (exact) mass is 460 g/mol. The van der Waals surface area contributed by atoms with Crippen molar-refractivity contribution in [2.24, 2.45) is 0 Å². The summed E-state index contributed by atoms with van der Waals surface area (Å²) in [6.07, 6.45) is 1.24. The molecule has 0 atom stereocenters. The van der Waals surface area contributed by atoms with Crippen molar-refractivity contribution in [2.45, 2.75) is 19.9 Å². The number of anilines is 1. The highest BCUT2D eigenvalue weighted by Crippen LogP contribution is 2.38. The van der Waals surface area contributed by atoms with Crippen LogP contribution in [-0.4, -0.2) is 14.9 Å². The van der Waals surface area contributed by atoms with E-state index in [1.54, 1.807) is 12.1 Å². The molecule has 1 heterocycles. The number of nitrogens with one attached hydrogen (secondary N) is 1. The summed E-state index contributed by atoms with van der Waals surface area (Å²) in [5.74, 6) is 0.313. The predicted octanol–water partition coefficient (Wildman–Crippen LogP) is 6.65. The quantitative estimate of drug-likeness (QED) is 0.245. The Labute approximate surface area is 196 Å². The smallest absolute Gasteiger partial charge is 0.373 e. The lowest BCUT2D eigenvalue weighted by atomic mass is 9.99. The van der Waals surface area contributed by atoms with Crippen LogP contribution < -0.4 is 10.1 Å². The van der Waals surface area contributed by atoms with Gasteiger partial charge in [0.2, 0.25) is 5.82 Å². The molecule has 0 unspecified atom stereocenters. The van der Waals surface area contributed by atoms with Crippen LogP contribution in [-0.2, 0) is 0 Å². The van der Waals surface area contributed by atoms with Gasteiger partial charge in [-0.15, -0.1) is 0 Å². The largest absolute Gasteiger partial charge is 0.434 e. The molecule has 0 aliphatic heterocycles. The molecule has 4 rings (SSSR count). The fourth-order valence-corrected chi connectivity index (χ4v) is 3.68. The SMILES string of the molecule is Cc1cc(Oc2ncnc(NC(c3ccccc3)c3ccccc3)c2[N+](=O)[O-])cc(C)c1Cl. The number of hydrogen-bond acceptors (Lipinski definition) is 6. The molecule has 0 fully saturated rings. The van der Waals surface area contributed by atoms with Crippen LogP contribution in [0.2, 0.25) is 5.02 Å². The zero-order valence-electron chi connectivity index (χ0n) is 18.0. The van der Waals surface area contributed by atoms with E-state index in [9.17, 15) is 10.1 Å². The molecule has 0 radical (unpaired) electrons. The van der Waals surface area contributed by atoms with Crippen LogP contribution in [0.4, 0.5) is 11.5 Å². The Morgan fingerprint density at radius 3 is 2.00 bits per heavy atom. The van der Waals surface area contributed by atoms with Crippen LogP contribution >= 0.6 is 11.6 Å². The minimum Gasteiger partial charge on any atom is -0.434 e. The highest BCUT2D eigenvalue weighted by molar-refractivity contribution is 6.32. The van der Waals surface area contributed by atoms with E-state index in [1.165, 1.54) is 6.33 Å². The van der Waals surface area contributed by atoms with E-state index in [1.807, 2.05) is 74.5 Å². The Morgan fingerprint density at radius 2 is 1.48 bits per heavy atom. The second-order valence-corrected chi connectivity index (χ2v) is 7.88. The maximum atomic E-state index is 12.1. The number of aromatic nitrogens is 2. The Morgan fingerprint density at radius 1 is 0.939 bits per heavy atom. The second kappa shape index (κ2) is 9.67. The minimum atomic E-state index is -0.541. The lowest BCUT2D eigenvalue weighted by molar-refractivity contribution is -0.385. The van der Waals surface area contributed by atoms with Crippen molar-refractivity contribution in [1.82, 2.24) is 9.97 Å². The highest BCUT2D eigenvalue weighted by Gasteiger charge is 2.28. The first-order valence-electron chi connectivity index (χ1n) is 10.2. The number of ether oxygens (including phenoxy) is 1. The minimum absolute atomic E-state index is 0.0603. The number of hydrogen-bond donors (Lipinski definition) is 1. The summed E-state index contributed by atoms with van der Waals surface area (Å²) >= 11 is 6.23. The first kappa shape index (κ1) is 22.2. The fraction of sp³-hybridized carbons (Fsp3) is 0.120. The van der Waals surface area contributed by atoms with Crippen LogP contribution in [0.1, 0.15) is 28.3 Å². The number of aryl methyl sites for hydroxylation is 2. The van der Waals surface area contributed by atoms with Gasteiger partial charge < -0.3 is 10.1 Å². The predicted molar refractivity (Wildman–Crippen MR) is 128 cm³/mol. The first-order valence-corrected chi connectivity index (χ1v) is 10.6. The van der Waals surface area contributed by atoms with Crippen molar-refractivity contribution in [3.05, 3.63) is 117 Å². The third kappa shape index (κ3) is 4.94. The summed E-state index contributed by atoms with van der Waals surface area (Å²) in [6.45, 7) is 3.68. The van der Waals surface area contributed by atoms with E-state index in [-0.39, 0.29) is 23.4 Å². The zero-order chi connectivity index (χ0) is 23.4. The normalized spacial score (nSPS) is 10.8. The number of halogens is 1. The highest BCUT2D eigenvalue weighted by atomic mass is 35.5. The number of rotatable bonds is 7. The molecule has 0 aliphatic carbocycles. The molecule has 0 bridgehead atoms. The van der Waals surface area contributed by atoms with Gasteiger partial charge in [-0.3, -0.25) is 10.1 Å². The van der Waals surface area contributed by atoms with Gasteiger partial charge in [0, 0.05) is 5.02 Å². The molecule has 0 aliphatic rings. The van der Waals surface area contributed by atoms with E-state index in [4.69, 9.17) is 16.3 Å². The summed E-state index contributed by atoms with van der Waals surface area (Å²) in [6, 6.07) is 22.4. The molecule has 8 heteroatoms. The third-order valence-electron chi connectivity index (χ3n) is 5.14. The van der Waals surface area contributed by atoms with Crippen LogP contribution in [0.5, 0.6) is 11.6 Å². The second-order valence-electron chi connectivity index (χ2n) is 7.50. The van der Waals surface area contributed by atoms with Crippen molar-refractivity contribution in [2.75, 3.05) is 5.32 Å². The van der Waals surface area contributed by atoms with Gasteiger partial charge in [-0.2, -0.15) is 4.98 Å². The molecule has 166 valence electrons. The Bertz CT molecular complexity index is 1220. The molecule has 0 saturated heterocycles. The maximum Gasteiger partial charge on any atom is 0.373 e. The molecule has 0 amide bonds. The van der Waals surface area contributed by atoms with E-state index in [0.717, 1.165) is 22.3 Å². The number of benzene rings is 3. The van der Waals surface area contributed by atoms with Crippen LogP contribution in [0.25, 0.3) is 0 Å². The summed E-state index contributed by atoms with van der Waals surface area (Å²) in [5, 5.41) is 15.9. The van der Waals surface area contributed by atoms with Crippen LogP contribution in [0.15, 0.2) is 79.1 Å². The molecular weight excluding hydrogens is 440 g/mol. The molecule has 1 N–H and O–H groups in total. The number of nitro groups is 1. The number of nitrogens with zero attached hydrogens (tertiary/aromatic N) is 3. The summed E-state index contributed by atoms with van der Waals surface area (Å²) in [4.78, 5) is 19.7. The summed E-state index contributed by atoms with van der Waals surface area (Å²) < 4.78 is 5.83. The molecule has 33 heavy (non-hydrogen) atoms. The third-order valence-corrected chi connectivity index (χ3v) is 5.74. The van der Waals surface area contributed by atoms with E-state index < -0.39 is 4.92 Å². The average molecular weight is 461 g/mol. The molecule has 1 aromatic heterocycles. The molecule has 4 aromatic rings. The van der Waals surface area contributed by atoms with Gasteiger partial charge in [-0.1, -0.05) is 72.3 Å². The van der Waals surface area contributed by atoms with Crippen molar-refractivity contribution in [3.8, 4) is 11.6 Å². The van der Waals surface area contributed by atoms with Gasteiger partial charge in [0.25, 0.3) is 0 Å². The lowest BCUT2D eigenvalue weighted by Crippen LogP contribution is -2.15. The zero-order valence-corrected chi connectivity index (χ0v) is 18.8. The molecule has 3 aromatic carbocycles. The van der Waals surface area contributed by atoms with Gasteiger partial charge in [-0.05, 0) is 48.2 Å². The molecule has 0 saturated carbocycles. The van der Waals surface area contributed by atoms with Gasteiger partial charge >= 0.3 is 11.6 Å². The molecule has 7 nitrogen and oxygen atoms in total. The van der Waals surface area contributed by atoms with Gasteiger partial charge in [0.1, 0.15) is 12.1 Å². The standard InChI is InChI=1S/C25H21ClN4O3/c1-16-13-20(14-17(2)21(16)26)33-25-23(30(31)32)24(27-15-28-25)29-22(18-9-5-3-6-10-18)19-11-7-4-8-12-19/h3-15,22H,1-2H3,(H,27,28,29). The van der Waals surface area contributed by atoms with Gasteiger partial charge in [-0.25, -0.2) is 4.98 Å². The van der Waals surface area contributed by atoms with E-state index in [2.05, 4.69) is 15.3 Å². The molecule has 0 spiro atoms. The Kier molecular flexibility index (Phi) is 6.51. The van der Waals surface area contributed by atoms with E-state index in [0.29, 0.717) is 10.8 Å². The Hall–Kier alpha value is -3.97. The maximum absolute atomic E-state index is 12.1. The lowest BCUT2D eigenvalue weighted by Gasteiger charge is -2.20. The van der Waals surface area contributed by atoms with Gasteiger partial charge in [0.05, 0.1) is 11.0 Å². The Balaban J connectivity index is 1.75. The van der Waals surface area contributed by atoms with Crippen molar-refractivity contribution in [1.29, 1.82) is 0 Å². The average Bonchev–Trinajstić information content (AvgIpc) is 2.82. The van der Waals surface area contributed by atoms with Gasteiger partial charge in [0.15, 0.2) is 0 Å². The summed E-state index contributed by atoms with van der Waals surface area (Å²) in [7, 11) is 0. The van der Waals surface area contributed by atoms with E-state index >= 15 is 0 Å². The van der Waals surface area contributed by atoms with Crippen LogP contribution in [0, 0.1) is 24.0 Å². The topological polar surface area (TPSA) is 90.2 Å². The van der Waals surface area contributed by atoms with Crippen molar-refractivity contribution in [3.63, 3.8) is 0 Å². The molecular formula is C25H21ClN4O3. The van der Waals surface area contributed by atoms with Crippen molar-refractivity contribution >= 4 is 23.1 Å².